The van der Waals surface area contributed by atoms with Crippen molar-refractivity contribution in [1.29, 1.82) is 0 Å². The standard InChI is InChI=1S/C20H42OS/c1-3-5-18-21-19-16-14-12-10-8-6-7-9-11-13-15-17-20-22-4-2/h3-20H2,1-2H3. The monoisotopic (exact) mass is 330 g/mol. The number of unbranched alkanes of at least 4 members (excludes halogenated alkanes) is 12. The minimum absolute atomic E-state index is 0.966. The van der Waals surface area contributed by atoms with Gasteiger partial charge >= 0.3 is 0 Å². The zero-order valence-electron chi connectivity index (χ0n) is 15.5. The summed E-state index contributed by atoms with van der Waals surface area (Å²) < 4.78 is 5.59. The number of thioether (sulfide) groups is 1. The first-order chi connectivity index (χ1) is 10.9. The van der Waals surface area contributed by atoms with E-state index in [1.54, 1.807) is 0 Å². The first-order valence-electron chi connectivity index (χ1n) is 10.1. The molecule has 0 radical (unpaired) electrons. The Morgan fingerprint density at radius 2 is 1.00 bits per heavy atom. The van der Waals surface area contributed by atoms with Crippen LogP contribution in [0.5, 0.6) is 0 Å². The van der Waals surface area contributed by atoms with Crippen LogP contribution in [-0.4, -0.2) is 24.7 Å². The third-order valence-electron chi connectivity index (χ3n) is 4.17. The second-order valence-electron chi connectivity index (χ2n) is 6.41. The van der Waals surface area contributed by atoms with E-state index in [-0.39, 0.29) is 0 Å². The molecule has 0 aromatic carbocycles. The summed E-state index contributed by atoms with van der Waals surface area (Å²) in [6, 6.07) is 0. The summed E-state index contributed by atoms with van der Waals surface area (Å²) in [4.78, 5) is 0. The third-order valence-corrected chi connectivity index (χ3v) is 5.16. The van der Waals surface area contributed by atoms with Crippen molar-refractivity contribution in [2.24, 2.45) is 0 Å². The molecule has 0 saturated heterocycles. The van der Waals surface area contributed by atoms with Gasteiger partial charge in [-0.25, -0.2) is 0 Å². The highest BCUT2D eigenvalue weighted by molar-refractivity contribution is 7.99. The SMILES string of the molecule is CCCCOCCCCCCCCCCCCCCSCC. The van der Waals surface area contributed by atoms with E-state index in [1.165, 1.54) is 101 Å². The van der Waals surface area contributed by atoms with E-state index in [4.69, 9.17) is 4.74 Å². The first-order valence-corrected chi connectivity index (χ1v) is 11.2. The van der Waals surface area contributed by atoms with E-state index in [0.717, 1.165) is 13.2 Å². The maximum absolute atomic E-state index is 5.59. The average Bonchev–Trinajstić information content (AvgIpc) is 2.54. The van der Waals surface area contributed by atoms with Gasteiger partial charge in [-0.1, -0.05) is 84.5 Å². The van der Waals surface area contributed by atoms with Gasteiger partial charge in [0.2, 0.25) is 0 Å². The van der Waals surface area contributed by atoms with Crippen molar-refractivity contribution in [3.8, 4) is 0 Å². The zero-order chi connectivity index (χ0) is 16.1. The molecule has 0 unspecified atom stereocenters. The summed E-state index contributed by atoms with van der Waals surface area (Å²) in [7, 11) is 0. The van der Waals surface area contributed by atoms with Crippen molar-refractivity contribution in [3.05, 3.63) is 0 Å². The van der Waals surface area contributed by atoms with Crippen molar-refractivity contribution in [1.82, 2.24) is 0 Å². The van der Waals surface area contributed by atoms with Gasteiger partial charge in [0, 0.05) is 13.2 Å². The summed E-state index contributed by atoms with van der Waals surface area (Å²) in [6.07, 6.45) is 19.6. The normalized spacial score (nSPS) is 11.2. The Kier molecular flexibility index (Phi) is 21.6. The molecular weight excluding hydrogens is 288 g/mol. The number of rotatable bonds is 19. The quantitative estimate of drug-likeness (QED) is 0.231. The smallest absolute Gasteiger partial charge is 0.0466 e. The molecule has 22 heavy (non-hydrogen) atoms. The molecule has 2 heteroatoms. The molecule has 0 saturated carbocycles. The Morgan fingerprint density at radius 3 is 1.50 bits per heavy atom. The van der Waals surface area contributed by atoms with Crippen molar-refractivity contribution >= 4 is 11.8 Å². The fourth-order valence-corrected chi connectivity index (χ4v) is 3.37. The largest absolute Gasteiger partial charge is 0.381 e. The van der Waals surface area contributed by atoms with Gasteiger partial charge in [0.25, 0.3) is 0 Å². The van der Waals surface area contributed by atoms with Gasteiger partial charge in [-0.2, -0.15) is 11.8 Å². The van der Waals surface area contributed by atoms with E-state index in [9.17, 15) is 0 Å². The highest BCUT2D eigenvalue weighted by atomic mass is 32.2. The molecule has 0 bridgehead atoms. The van der Waals surface area contributed by atoms with E-state index in [1.807, 2.05) is 0 Å². The number of hydrogen-bond donors (Lipinski definition) is 0. The molecule has 0 spiro atoms. The lowest BCUT2D eigenvalue weighted by molar-refractivity contribution is 0.127. The van der Waals surface area contributed by atoms with E-state index < -0.39 is 0 Å². The van der Waals surface area contributed by atoms with Crippen LogP contribution >= 0.6 is 11.8 Å². The molecule has 0 rings (SSSR count). The molecule has 0 fully saturated rings. The van der Waals surface area contributed by atoms with Crippen LogP contribution in [0.1, 0.15) is 104 Å². The van der Waals surface area contributed by atoms with Crippen molar-refractivity contribution in [2.45, 2.75) is 104 Å². The molecule has 0 aliphatic rings. The molecule has 0 aliphatic carbocycles. The van der Waals surface area contributed by atoms with Crippen LogP contribution in [0.25, 0.3) is 0 Å². The van der Waals surface area contributed by atoms with Gasteiger partial charge < -0.3 is 4.74 Å². The number of ether oxygens (including phenoxy) is 1. The summed E-state index contributed by atoms with van der Waals surface area (Å²) in [5.41, 5.74) is 0. The van der Waals surface area contributed by atoms with Gasteiger partial charge in [0.1, 0.15) is 0 Å². The highest BCUT2D eigenvalue weighted by Gasteiger charge is 1.94. The third kappa shape index (κ3) is 20.3. The lowest BCUT2D eigenvalue weighted by Crippen LogP contribution is -1.96. The summed E-state index contributed by atoms with van der Waals surface area (Å²) >= 11 is 2.09. The van der Waals surface area contributed by atoms with Gasteiger partial charge in [-0.05, 0) is 30.8 Å². The fraction of sp³-hybridized carbons (Fsp3) is 1.00. The summed E-state index contributed by atoms with van der Waals surface area (Å²) in [6.45, 7) is 6.42. The zero-order valence-corrected chi connectivity index (χ0v) is 16.4. The van der Waals surface area contributed by atoms with Crippen LogP contribution in [-0.2, 0) is 4.74 Å². The van der Waals surface area contributed by atoms with Gasteiger partial charge in [0.05, 0.1) is 0 Å². The molecule has 0 aromatic heterocycles. The maximum Gasteiger partial charge on any atom is 0.0466 e. The van der Waals surface area contributed by atoms with Crippen LogP contribution in [0.2, 0.25) is 0 Å². The first kappa shape index (κ1) is 22.3. The lowest BCUT2D eigenvalue weighted by atomic mass is 10.1. The molecule has 0 N–H and O–H groups in total. The predicted molar refractivity (Wildman–Crippen MR) is 104 cm³/mol. The van der Waals surface area contributed by atoms with Crippen LogP contribution in [0.15, 0.2) is 0 Å². The van der Waals surface area contributed by atoms with E-state index in [0.29, 0.717) is 0 Å². The minimum Gasteiger partial charge on any atom is -0.381 e. The molecule has 1 nitrogen and oxygen atoms in total. The second kappa shape index (κ2) is 21.3. The second-order valence-corrected chi connectivity index (χ2v) is 7.80. The van der Waals surface area contributed by atoms with Gasteiger partial charge in [-0.15, -0.1) is 0 Å². The molecule has 0 amide bonds. The van der Waals surface area contributed by atoms with Crippen molar-refractivity contribution in [3.63, 3.8) is 0 Å². The highest BCUT2D eigenvalue weighted by Crippen LogP contribution is 2.13. The van der Waals surface area contributed by atoms with Gasteiger partial charge in [-0.3, -0.25) is 0 Å². The minimum atomic E-state index is 0.966. The molecule has 0 heterocycles. The average molecular weight is 331 g/mol. The Balaban J connectivity index is 2.91. The lowest BCUT2D eigenvalue weighted by Gasteiger charge is -2.04. The van der Waals surface area contributed by atoms with Crippen LogP contribution in [0.3, 0.4) is 0 Å². The van der Waals surface area contributed by atoms with Crippen LogP contribution < -0.4 is 0 Å². The molecule has 0 aromatic rings. The topological polar surface area (TPSA) is 9.23 Å². The summed E-state index contributed by atoms with van der Waals surface area (Å²) in [5.74, 6) is 2.66. The van der Waals surface area contributed by atoms with Gasteiger partial charge in [0.15, 0.2) is 0 Å². The van der Waals surface area contributed by atoms with Crippen molar-refractivity contribution in [2.75, 3.05) is 24.7 Å². The Hall–Kier alpha value is 0.310. The summed E-state index contributed by atoms with van der Waals surface area (Å²) in [5, 5.41) is 0. The van der Waals surface area contributed by atoms with Crippen LogP contribution in [0, 0.1) is 0 Å². The fourth-order valence-electron chi connectivity index (χ4n) is 2.67. The Morgan fingerprint density at radius 1 is 0.545 bits per heavy atom. The number of hydrogen-bond acceptors (Lipinski definition) is 2. The molecular formula is C20H42OS. The Bertz CT molecular complexity index is 165. The Labute approximate surface area is 145 Å². The van der Waals surface area contributed by atoms with Crippen LogP contribution in [0.4, 0.5) is 0 Å². The maximum atomic E-state index is 5.59. The van der Waals surface area contributed by atoms with E-state index in [2.05, 4.69) is 25.6 Å². The van der Waals surface area contributed by atoms with E-state index >= 15 is 0 Å². The van der Waals surface area contributed by atoms with Crippen molar-refractivity contribution < 1.29 is 4.74 Å². The predicted octanol–water partition coefficient (Wildman–Crippen LogP) is 7.24. The molecule has 0 aliphatic heterocycles. The molecule has 134 valence electrons. The molecule has 0 atom stereocenters.